The summed E-state index contributed by atoms with van der Waals surface area (Å²) in [5, 5.41) is 0. The Kier molecular flexibility index (Phi) is 3.85. The second-order valence-electron chi connectivity index (χ2n) is 5.34. The lowest BCUT2D eigenvalue weighted by atomic mass is 9.79. The van der Waals surface area contributed by atoms with Crippen LogP contribution >= 0.6 is 0 Å². The average molecular weight is 225 g/mol. The molecule has 0 aromatic rings. The molecule has 1 aliphatic heterocycles. The van der Waals surface area contributed by atoms with Crippen LogP contribution in [0, 0.1) is 11.8 Å². The molecule has 0 radical (unpaired) electrons. The zero-order chi connectivity index (χ0) is 11.5. The SMILES string of the molecule is COC(=O)C1CCN1CC1CCCCC1C. The van der Waals surface area contributed by atoms with Gasteiger partial charge in [-0.2, -0.15) is 0 Å². The highest BCUT2D eigenvalue weighted by atomic mass is 16.5. The van der Waals surface area contributed by atoms with E-state index < -0.39 is 0 Å². The molecule has 3 unspecified atom stereocenters. The van der Waals surface area contributed by atoms with Gasteiger partial charge < -0.3 is 4.74 Å². The molecule has 0 bridgehead atoms. The molecule has 1 heterocycles. The maximum absolute atomic E-state index is 11.5. The summed E-state index contributed by atoms with van der Waals surface area (Å²) in [6, 6.07) is 0.0547. The summed E-state index contributed by atoms with van der Waals surface area (Å²) in [6.07, 6.45) is 6.44. The third-order valence-electron chi connectivity index (χ3n) is 4.36. The van der Waals surface area contributed by atoms with Gasteiger partial charge >= 0.3 is 5.97 Å². The molecule has 0 aromatic carbocycles. The number of likely N-dealkylation sites (tertiary alicyclic amines) is 1. The van der Waals surface area contributed by atoms with Gasteiger partial charge in [0, 0.05) is 13.1 Å². The highest BCUT2D eigenvalue weighted by Gasteiger charge is 2.37. The van der Waals surface area contributed by atoms with E-state index in [-0.39, 0.29) is 12.0 Å². The Balaban J connectivity index is 1.82. The first-order valence-electron chi connectivity index (χ1n) is 6.54. The molecule has 1 saturated carbocycles. The van der Waals surface area contributed by atoms with Crippen molar-refractivity contribution in [1.82, 2.24) is 4.90 Å². The normalized spacial score (nSPS) is 35.5. The molecular weight excluding hydrogens is 202 g/mol. The van der Waals surface area contributed by atoms with Gasteiger partial charge in [0.05, 0.1) is 7.11 Å². The number of hydrogen-bond donors (Lipinski definition) is 0. The van der Waals surface area contributed by atoms with Gasteiger partial charge in [-0.05, 0) is 24.7 Å². The number of nitrogens with zero attached hydrogens (tertiary/aromatic N) is 1. The van der Waals surface area contributed by atoms with Crippen LogP contribution in [0.15, 0.2) is 0 Å². The van der Waals surface area contributed by atoms with Crippen molar-refractivity contribution in [3.05, 3.63) is 0 Å². The van der Waals surface area contributed by atoms with Crippen molar-refractivity contribution in [2.75, 3.05) is 20.2 Å². The lowest BCUT2D eigenvalue weighted by Gasteiger charge is -2.43. The van der Waals surface area contributed by atoms with Gasteiger partial charge in [0.15, 0.2) is 0 Å². The third kappa shape index (κ3) is 2.40. The average Bonchev–Trinajstić information content (AvgIpc) is 2.26. The summed E-state index contributed by atoms with van der Waals surface area (Å²) in [4.78, 5) is 13.8. The van der Waals surface area contributed by atoms with Gasteiger partial charge in [-0.1, -0.05) is 26.2 Å². The smallest absolute Gasteiger partial charge is 0.323 e. The zero-order valence-corrected chi connectivity index (χ0v) is 10.4. The van der Waals surface area contributed by atoms with E-state index in [0.29, 0.717) is 0 Å². The molecule has 0 aromatic heterocycles. The summed E-state index contributed by atoms with van der Waals surface area (Å²) in [5.74, 6) is 1.57. The predicted molar refractivity (Wildman–Crippen MR) is 63.1 cm³/mol. The minimum atomic E-state index is -0.0466. The molecule has 2 rings (SSSR count). The van der Waals surface area contributed by atoms with Crippen molar-refractivity contribution < 1.29 is 9.53 Å². The molecule has 0 amide bonds. The largest absolute Gasteiger partial charge is 0.468 e. The third-order valence-corrected chi connectivity index (χ3v) is 4.36. The number of methoxy groups -OCH3 is 1. The predicted octanol–water partition coefficient (Wildman–Crippen LogP) is 2.06. The Morgan fingerprint density at radius 1 is 1.31 bits per heavy atom. The highest BCUT2D eigenvalue weighted by Crippen LogP contribution is 2.32. The number of rotatable bonds is 3. The number of esters is 1. The number of hydrogen-bond acceptors (Lipinski definition) is 3. The van der Waals surface area contributed by atoms with Gasteiger partial charge in [0.1, 0.15) is 6.04 Å². The van der Waals surface area contributed by atoms with E-state index in [2.05, 4.69) is 11.8 Å². The fraction of sp³-hybridized carbons (Fsp3) is 0.923. The Morgan fingerprint density at radius 2 is 2.06 bits per heavy atom. The first-order chi connectivity index (χ1) is 7.72. The summed E-state index contributed by atoms with van der Waals surface area (Å²) in [6.45, 7) is 4.53. The quantitative estimate of drug-likeness (QED) is 0.689. The van der Waals surface area contributed by atoms with Gasteiger partial charge in [-0.15, -0.1) is 0 Å². The van der Waals surface area contributed by atoms with Gasteiger partial charge in [0.2, 0.25) is 0 Å². The first-order valence-corrected chi connectivity index (χ1v) is 6.54. The molecule has 0 spiro atoms. The summed E-state index contributed by atoms with van der Waals surface area (Å²) in [5.41, 5.74) is 0. The summed E-state index contributed by atoms with van der Waals surface area (Å²) >= 11 is 0. The molecule has 3 nitrogen and oxygen atoms in total. The van der Waals surface area contributed by atoms with Crippen LogP contribution in [0.25, 0.3) is 0 Å². The van der Waals surface area contributed by atoms with Crippen molar-refractivity contribution >= 4 is 5.97 Å². The maximum atomic E-state index is 11.5. The van der Waals surface area contributed by atoms with E-state index in [9.17, 15) is 4.79 Å². The van der Waals surface area contributed by atoms with E-state index in [1.165, 1.54) is 32.8 Å². The Labute approximate surface area is 98.1 Å². The molecule has 2 aliphatic rings. The van der Waals surface area contributed by atoms with Crippen molar-refractivity contribution in [3.63, 3.8) is 0 Å². The molecule has 2 fully saturated rings. The van der Waals surface area contributed by atoms with Crippen LogP contribution in [0.3, 0.4) is 0 Å². The van der Waals surface area contributed by atoms with Gasteiger partial charge in [-0.3, -0.25) is 9.69 Å². The minimum absolute atomic E-state index is 0.0466. The molecule has 1 aliphatic carbocycles. The van der Waals surface area contributed by atoms with E-state index in [1.807, 2.05) is 0 Å². The van der Waals surface area contributed by atoms with Crippen molar-refractivity contribution in [2.24, 2.45) is 11.8 Å². The van der Waals surface area contributed by atoms with Crippen LogP contribution in [0.4, 0.5) is 0 Å². The molecule has 3 heteroatoms. The van der Waals surface area contributed by atoms with Crippen molar-refractivity contribution in [1.29, 1.82) is 0 Å². The van der Waals surface area contributed by atoms with E-state index in [0.717, 1.165) is 31.3 Å². The molecule has 0 N–H and O–H groups in total. The lowest BCUT2D eigenvalue weighted by Crippen LogP contribution is -2.54. The Hall–Kier alpha value is -0.570. The van der Waals surface area contributed by atoms with Crippen LogP contribution in [-0.4, -0.2) is 37.1 Å². The molecular formula is C13H23NO2. The monoisotopic (exact) mass is 225 g/mol. The number of carbonyl (C=O) groups excluding carboxylic acids is 1. The minimum Gasteiger partial charge on any atom is -0.468 e. The lowest BCUT2D eigenvalue weighted by molar-refractivity contribution is -0.152. The zero-order valence-electron chi connectivity index (χ0n) is 10.4. The maximum Gasteiger partial charge on any atom is 0.323 e. The Morgan fingerprint density at radius 3 is 2.62 bits per heavy atom. The standard InChI is InChI=1S/C13H23NO2/c1-10-5-3-4-6-11(10)9-14-8-7-12(14)13(15)16-2/h10-12H,3-9H2,1-2H3. The summed E-state index contributed by atoms with van der Waals surface area (Å²) < 4.78 is 4.82. The number of carbonyl (C=O) groups is 1. The van der Waals surface area contributed by atoms with Crippen LogP contribution in [0.5, 0.6) is 0 Å². The second-order valence-corrected chi connectivity index (χ2v) is 5.34. The second kappa shape index (κ2) is 5.17. The van der Waals surface area contributed by atoms with Crippen LogP contribution < -0.4 is 0 Å². The van der Waals surface area contributed by atoms with E-state index in [1.54, 1.807) is 0 Å². The topological polar surface area (TPSA) is 29.5 Å². The van der Waals surface area contributed by atoms with E-state index in [4.69, 9.17) is 4.74 Å². The highest BCUT2D eigenvalue weighted by molar-refractivity contribution is 5.76. The first kappa shape index (κ1) is 11.9. The molecule has 1 saturated heterocycles. The Bertz CT molecular complexity index is 254. The fourth-order valence-corrected chi connectivity index (χ4v) is 3.03. The van der Waals surface area contributed by atoms with Crippen LogP contribution in [-0.2, 0) is 9.53 Å². The molecule has 16 heavy (non-hydrogen) atoms. The molecule has 92 valence electrons. The van der Waals surface area contributed by atoms with E-state index >= 15 is 0 Å². The van der Waals surface area contributed by atoms with Crippen LogP contribution in [0.2, 0.25) is 0 Å². The molecule has 3 atom stereocenters. The fourth-order valence-electron chi connectivity index (χ4n) is 3.03. The van der Waals surface area contributed by atoms with Crippen molar-refractivity contribution in [3.8, 4) is 0 Å². The summed E-state index contributed by atoms with van der Waals surface area (Å²) in [7, 11) is 1.49. The van der Waals surface area contributed by atoms with Gasteiger partial charge in [-0.25, -0.2) is 0 Å². The van der Waals surface area contributed by atoms with Crippen molar-refractivity contribution in [2.45, 2.75) is 45.1 Å². The van der Waals surface area contributed by atoms with Gasteiger partial charge in [0.25, 0.3) is 0 Å². The van der Waals surface area contributed by atoms with Crippen LogP contribution in [0.1, 0.15) is 39.0 Å². The number of ether oxygens (including phenoxy) is 1.